The molecular weight excluding hydrogens is 412 g/mol. The topological polar surface area (TPSA) is 139 Å². The molecule has 0 spiro atoms. The van der Waals surface area contributed by atoms with Crippen LogP contribution in [-0.2, 0) is 19.2 Å². The number of aliphatic carboxylic acids is 2. The maximum atomic E-state index is 12.9. The zero-order chi connectivity index (χ0) is 23.5. The third kappa shape index (κ3) is 3.76. The molecule has 2 saturated carbocycles. The van der Waals surface area contributed by atoms with Crippen LogP contribution in [0, 0.1) is 34.5 Å². The van der Waals surface area contributed by atoms with Crippen molar-refractivity contribution < 1.29 is 29.4 Å². The Labute approximate surface area is 187 Å². The van der Waals surface area contributed by atoms with E-state index in [-0.39, 0.29) is 36.8 Å². The van der Waals surface area contributed by atoms with Gasteiger partial charge in [0, 0.05) is 22.8 Å². The van der Waals surface area contributed by atoms with Crippen molar-refractivity contribution in [1.82, 2.24) is 0 Å². The number of carbonyl (C=O) groups is 2. The molecule has 8 nitrogen and oxygen atoms in total. The van der Waals surface area contributed by atoms with Crippen LogP contribution in [0.3, 0.4) is 0 Å². The summed E-state index contributed by atoms with van der Waals surface area (Å²) >= 11 is 0. The van der Waals surface area contributed by atoms with Crippen LogP contribution in [0.1, 0.15) is 65.2 Å². The van der Waals surface area contributed by atoms with E-state index in [0.29, 0.717) is 38.5 Å². The van der Waals surface area contributed by atoms with Gasteiger partial charge in [0.1, 0.15) is 0 Å². The zero-order valence-corrected chi connectivity index (χ0v) is 18.6. The number of carboxylic acid groups (broad SMARTS) is 2. The van der Waals surface area contributed by atoms with Crippen molar-refractivity contribution in [2.24, 2.45) is 44.5 Å². The average Bonchev–Trinajstić information content (AvgIpc) is 2.76. The Kier molecular flexibility index (Phi) is 7.16. The van der Waals surface area contributed by atoms with Gasteiger partial charge in [0.25, 0.3) is 0 Å². The lowest BCUT2D eigenvalue weighted by Gasteiger charge is -2.62. The molecule has 3 rings (SSSR count). The van der Waals surface area contributed by atoms with E-state index >= 15 is 0 Å². The quantitative estimate of drug-likeness (QED) is 0.343. The average molecular weight is 443 g/mol. The molecule has 0 radical (unpaired) electrons. The van der Waals surface area contributed by atoms with E-state index in [1.807, 2.05) is 13.8 Å². The summed E-state index contributed by atoms with van der Waals surface area (Å²) < 4.78 is 0. The molecule has 0 amide bonds. The van der Waals surface area contributed by atoms with Crippen molar-refractivity contribution in [3.05, 3.63) is 12.2 Å². The number of hydrogen-bond donors (Lipinski definition) is 0. The number of hydrogen-bond acceptors (Lipinski definition) is 8. The van der Waals surface area contributed by atoms with E-state index in [0.717, 1.165) is 0 Å². The lowest BCUT2D eigenvalue weighted by atomic mass is 9.44. The van der Waals surface area contributed by atoms with Gasteiger partial charge < -0.3 is 19.8 Å². The number of allylic oxidation sites excluding steroid dienone is 2. The number of nitrogens with zero attached hydrogens (tertiary/aromatic N) is 2. The molecule has 0 saturated heterocycles. The lowest BCUT2D eigenvalue weighted by Crippen LogP contribution is -2.68. The third-order valence-corrected chi connectivity index (χ3v) is 8.65. The fraction of sp³-hybridized carbons (Fsp3) is 0.750. The normalized spacial score (nSPS) is 41.7. The number of aliphatic imine (C=N–C) groups is 2. The van der Waals surface area contributed by atoms with E-state index in [1.165, 1.54) is 0 Å². The minimum atomic E-state index is -1.62. The number of carbonyl (C=O) groups excluding carboxylic acids is 4. The highest BCUT2D eigenvalue weighted by Crippen LogP contribution is 2.62. The highest BCUT2D eigenvalue weighted by Gasteiger charge is 2.61. The van der Waals surface area contributed by atoms with E-state index < -0.39 is 34.6 Å². The second-order valence-corrected chi connectivity index (χ2v) is 9.95. The highest BCUT2D eigenvalue weighted by molar-refractivity contribution is 5.86. The summed E-state index contributed by atoms with van der Waals surface area (Å²) in [7, 11) is 0. The zero-order valence-electron chi connectivity index (χ0n) is 18.6. The summed E-state index contributed by atoms with van der Waals surface area (Å²) in [4.78, 5) is 55.0. The van der Waals surface area contributed by atoms with Crippen LogP contribution >= 0.6 is 0 Å². The molecule has 0 aromatic carbocycles. The second kappa shape index (κ2) is 9.51. The summed E-state index contributed by atoms with van der Waals surface area (Å²) in [5.41, 5.74) is -3.23. The van der Waals surface area contributed by atoms with Gasteiger partial charge in [-0.25, -0.2) is 19.6 Å². The number of isocyanates is 2. The molecule has 0 N–H and O–H groups in total. The van der Waals surface area contributed by atoms with Gasteiger partial charge >= 0.3 is 0 Å². The van der Waals surface area contributed by atoms with Crippen LogP contribution in [0.2, 0.25) is 0 Å². The number of carboxylic acids is 2. The third-order valence-electron chi connectivity index (χ3n) is 8.65. The van der Waals surface area contributed by atoms with Crippen molar-refractivity contribution >= 4 is 24.1 Å². The Morgan fingerprint density at radius 2 is 1.16 bits per heavy atom. The minimum Gasteiger partial charge on any atom is -0.549 e. The largest absolute Gasteiger partial charge is 0.549 e. The first-order chi connectivity index (χ1) is 15.2. The van der Waals surface area contributed by atoms with Crippen LogP contribution in [-0.4, -0.2) is 36.2 Å². The monoisotopic (exact) mass is 442 g/mol. The molecular formula is C24H30N2O6-2. The van der Waals surface area contributed by atoms with Crippen LogP contribution < -0.4 is 10.2 Å². The Morgan fingerprint density at radius 1 is 0.781 bits per heavy atom. The maximum Gasteiger partial charge on any atom is 0.235 e. The van der Waals surface area contributed by atoms with Crippen LogP contribution in [0.5, 0.6) is 0 Å². The lowest BCUT2D eigenvalue weighted by molar-refractivity contribution is -0.355. The Balaban J connectivity index is 2.06. The molecule has 0 aromatic heterocycles. The van der Waals surface area contributed by atoms with Crippen molar-refractivity contribution in [3.8, 4) is 0 Å². The summed E-state index contributed by atoms with van der Waals surface area (Å²) in [6.07, 6.45) is 9.60. The molecule has 0 aliphatic heterocycles. The van der Waals surface area contributed by atoms with Gasteiger partial charge in [-0.2, -0.15) is 0 Å². The Morgan fingerprint density at radius 3 is 1.44 bits per heavy atom. The van der Waals surface area contributed by atoms with Gasteiger partial charge in [-0.3, -0.25) is 0 Å². The predicted octanol–water partition coefficient (Wildman–Crippen LogP) is 1.09. The van der Waals surface area contributed by atoms with Gasteiger partial charge in [0.2, 0.25) is 12.2 Å². The molecule has 0 aromatic rings. The van der Waals surface area contributed by atoms with Crippen LogP contribution in [0.4, 0.5) is 0 Å². The molecule has 8 heteroatoms. The molecule has 8 atom stereocenters. The van der Waals surface area contributed by atoms with Gasteiger partial charge in [0.05, 0.1) is 12.1 Å². The first kappa shape index (κ1) is 24.1. The summed E-state index contributed by atoms with van der Waals surface area (Å²) in [5.74, 6) is -3.72. The summed E-state index contributed by atoms with van der Waals surface area (Å²) in [6.45, 7) is 3.81. The van der Waals surface area contributed by atoms with Gasteiger partial charge in [-0.1, -0.05) is 26.0 Å². The Hall–Kier alpha value is -2.56. The fourth-order valence-electron chi connectivity index (χ4n) is 7.00. The SMILES string of the molecule is CC1CC(C2(C(=O)[O-])CC=CCC2(C(=O)[O-])C2CCC(N=C=O)C(C)C2)CCC1N=C=O. The van der Waals surface area contributed by atoms with E-state index in [9.17, 15) is 29.4 Å². The first-order valence-corrected chi connectivity index (χ1v) is 11.5. The van der Waals surface area contributed by atoms with E-state index in [2.05, 4.69) is 9.98 Å². The fourth-order valence-corrected chi connectivity index (χ4v) is 7.00. The molecule has 3 aliphatic carbocycles. The minimum absolute atomic E-state index is 0.0725. The molecule has 8 unspecified atom stereocenters. The van der Waals surface area contributed by atoms with Crippen molar-refractivity contribution in [3.63, 3.8) is 0 Å². The first-order valence-electron chi connectivity index (χ1n) is 11.5. The van der Waals surface area contributed by atoms with Crippen LogP contribution in [0.15, 0.2) is 22.1 Å². The van der Waals surface area contributed by atoms with Crippen LogP contribution in [0.25, 0.3) is 0 Å². The van der Waals surface area contributed by atoms with Crippen molar-refractivity contribution in [2.45, 2.75) is 77.3 Å². The smallest absolute Gasteiger partial charge is 0.235 e. The summed E-state index contributed by atoms with van der Waals surface area (Å²) in [6, 6.07) is -0.480. The summed E-state index contributed by atoms with van der Waals surface area (Å²) in [5, 5.41) is 25.8. The van der Waals surface area contributed by atoms with E-state index in [4.69, 9.17) is 0 Å². The number of rotatable bonds is 6. The maximum absolute atomic E-state index is 12.9. The van der Waals surface area contributed by atoms with E-state index in [1.54, 1.807) is 24.3 Å². The standard InChI is InChI=1S/C24H32N2O6/c1-15-11-17(5-7-19(15)25-13-27)23(21(29)30)9-3-4-10-24(23,22(31)32)18-6-8-20(26-14-28)16(2)12-18/h3-4,15-20H,5-12H2,1-2H3,(H,29,30)(H,31,32)/p-2. The highest BCUT2D eigenvalue weighted by atomic mass is 16.4. The van der Waals surface area contributed by atoms with Crippen molar-refractivity contribution in [1.29, 1.82) is 0 Å². The molecule has 0 heterocycles. The predicted molar refractivity (Wildman–Crippen MR) is 110 cm³/mol. The molecule has 174 valence electrons. The van der Waals surface area contributed by atoms with Crippen molar-refractivity contribution in [2.75, 3.05) is 0 Å². The second-order valence-electron chi connectivity index (χ2n) is 9.95. The van der Waals surface area contributed by atoms with Gasteiger partial charge in [-0.15, -0.1) is 0 Å². The van der Waals surface area contributed by atoms with Gasteiger partial charge in [-0.05, 0) is 75.0 Å². The van der Waals surface area contributed by atoms with Gasteiger partial charge in [0.15, 0.2) is 0 Å². The molecule has 0 bridgehead atoms. The molecule has 32 heavy (non-hydrogen) atoms. The molecule has 3 aliphatic rings. The molecule has 2 fully saturated rings. The Bertz CT molecular complexity index is 804.